The summed E-state index contributed by atoms with van der Waals surface area (Å²) in [5.74, 6) is -0.0220. The molecule has 1 saturated heterocycles. The zero-order chi connectivity index (χ0) is 25.4. The van der Waals surface area contributed by atoms with E-state index in [1.54, 1.807) is 12.4 Å². The summed E-state index contributed by atoms with van der Waals surface area (Å²) in [6, 6.07) is 7.93. The van der Waals surface area contributed by atoms with Crippen LogP contribution in [0.15, 0.2) is 49.1 Å². The average Bonchev–Trinajstić information content (AvgIpc) is 3.53. The molecule has 0 aliphatic carbocycles. The second kappa shape index (κ2) is 9.62. The second-order valence-corrected chi connectivity index (χ2v) is 9.52. The molecule has 0 saturated carbocycles. The van der Waals surface area contributed by atoms with Gasteiger partial charge in [0, 0.05) is 49.7 Å². The number of nitrogens with one attached hydrogen (secondary N) is 3. The van der Waals surface area contributed by atoms with Crippen molar-refractivity contribution in [2.24, 2.45) is 0 Å². The first-order chi connectivity index (χ1) is 18.1. The molecule has 0 spiro atoms. The second-order valence-electron chi connectivity index (χ2n) is 9.52. The lowest BCUT2D eigenvalue weighted by atomic mass is 10.1. The number of fused-ring (bicyclic) bond motifs is 2. The number of H-pyrrole nitrogens is 2. The highest BCUT2D eigenvalue weighted by atomic mass is 16.1. The monoisotopic (exact) mass is 495 g/mol. The van der Waals surface area contributed by atoms with Crippen molar-refractivity contribution in [3.63, 3.8) is 0 Å². The summed E-state index contributed by atoms with van der Waals surface area (Å²) in [5.41, 5.74) is 7.57. The van der Waals surface area contributed by atoms with Gasteiger partial charge in [-0.05, 0) is 37.7 Å². The van der Waals surface area contributed by atoms with Gasteiger partial charge in [-0.15, -0.1) is 0 Å². The van der Waals surface area contributed by atoms with Crippen LogP contribution in [0.4, 0.5) is 11.4 Å². The largest absolute Gasteiger partial charge is 0.367 e. The number of piperazine rings is 1. The van der Waals surface area contributed by atoms with Crippen LogP contribution >= 0.6 is 0 Å². The summed E-state index contributed by atoms with van der Waals surface area (Å²) in [7, 11) is 2.16. The maximum Gasteiger partial charge on any atom is 0.224 e. The first kappa shape index (κ1) is 23.1. The van der Waals surface area contributed by atoms with Crippen LogP contribution in [0, 0.1) is 0 Å². The molecular weight excluding hydrogens is 466 g/mol. The highest BCUT2D eigenvalue weighted by Gasteiger charge is 2.20. The molecule has 0 aromatic carbocycles. The number of nitrogens with zero attached hydrogens (tertiary/aromatic N) is 6. The number of hydrogen-bond acceptors (Lipinski definition) is 7. The third kappa shape index (κ3) is 4.51. The Morgan fingerprint density at radius 2 is 1.86 bits per heavy atom. The Morgan fingerprint density at radius 3 is 2.70 bits per heavy atom. The molecule has 0 unspecified atom stereocenters. The van der Waals surface area contributed by atoms with E-state index < -0.39 is 0 Å². The molecule has 0 bridgehead atoms. The molecule has 6 rings (SSSR count). The smallest absolute Gasteiger partial charge is 0.224 e. The number of aromatic amines is 2. The Morgan fingerprint density at radius 1 is 1.03 bits per heavy atom. The van der Waals surface area contributed by atoms with Gasteiger partial charge in [-0.25, -0.2) is 4.98 Å². The van der Waals surface area contributed by atoms with Crippen molar-refractivity contribution in [1.29, 1.82) is 0 Å². The number of pyridine rings is 3. The number of anilines is 2. The standard InChI is InChI=1S/C27H29N9O/c1-3-4-25(37)30-18-11-17(13-28-14-18)20-5-6-21-26(32-20)27(34-33-21)22-12-19-23(31-22)15-29-16-24(19)36-9-7-35(2)8-10-36/h5-6,11-16,31H,3-4,7-10H2,1-2H3,(H,30,37)(H,33,34). The quantitative estimate of drug-likeness (QED) is 0.325. The van der Waals surface area contributed by atoms with E-state index in [4.69, 9.17) is 4.98 Å². The summed E-state index contributed by atoms with van der Waals surface area (Å²) in [6.07, 6.45) is 8.47. The lowest BCUT2D eigenvalue weighted by Crippen LogP contribution is -2.44. The van der Waals surface area contributed by atoms with E-state index in [9.17, 15) is 4.79 Å². The summed E-state index contributed by atoms with van der Waals surface area (Å²) in [6.45, 7) is 5.98. The van der Waals surface area contributed by atoms with Gasteiger partial charge in [0.25, 0.3) is 0 Å². The highest BCUT2D eigenvalue weighted by Crippen LogP contribution is 2.33. The van der Waals surface area contributed by atoms with Crippen LogP contribution in [-0.4, -0.2) is 74.2 Å². The summed E-state index contributed by atoms with van der Waals surface area (Å²) in [4.78, 5) is 34.0. The van der Waals surface area contributed by atoms with Crippen LogP contribution in [0.1, 0.15) is 19.8 Å². The van der Waals surface area contributed by atoms with Gasteiger partial charge in [-0.2, -0.15) is 5.10 Å². The number of hydrogen-bond donors (Lipinski definition) is 3. The Kier molecular flexibility index (Phi) is 6.01. The molecule has 10 nitrogen and oxygen atoms in total. The first-order valence-corrected chi connectivity index (χ1v) is 12.6. The predicted octanol–water partition coefficient (Wildman–Crippen LogP) is 4.05. The van der Waals surface area contributed by atoms with E-state index in [1.807, 2.05) is 37.5 Å². The van der Waals surface area contributed by atoms with Crippen molar-refractivity contribution in [2.45, 2.75) is 19.8 Å². The molecule has 5 aromatic heterocycles. The lowest BCUT2D eigenvalue weighted by Gasteiger charge is -2.34. The van der Waals surface area contributed by atoms with Crippen molar-refractivity contribution in [3.8, 4) is 22.6 Å². The Hall–Kier alpha value is -4.31. The summed E-state index contributed by atoms with van der Waals surface area (Å²) < 4.78 is 0. The molecule has 5 aromatic rings. The summed E-state index contributed by atoms with van der Waals surface area (Å²) in [5, 5.41) is 11.7. The van der Waals surface area contributed by atoms with Crippen molar-refractivity contribution in [2.75, 3.05) is 43.4 Å². The van der Waals surface area contributed by atoms with Crippen molar-refractivity contribution in [1.82, 2.24) is 35.0 Å². The van der Waals surface area contributed by atoms with Crippen LogP contribution in [-0.2, 0) is 4.79 Å². The minimum absolute atomic E-state index is 0.0220. The molecule has 1 amide bonds. The van der Waals surface area contributed by atoms with Crippen LogP contribution in [0.2, 0.25) is 0 Å². The predicted molar refractivity (Wildman–Crippen MR) is 145 cm³/mol. The number of rotatable bonds is 6. The van der Waals surface area contributed by atoms with Crippen molar-refractivity contribution in [3.05, 3.63) is 49.1 Å². The fourth-order valence-corrected chi connectivity index (χ4v) is 4.81. The number of carbonyl (C=O) groups is 1. The maximum atomic E-state index is 12.0. The fourth-order valence-electron chi connectivity index (χ4n) is 4.81. The lowest BCUT2D eigenvalue weighted by molar-refractivity contribution is -0.116. The molecule has 10 heteroatoms. The van der Waals surface area contributed by atoms with Gasteiger partial charge in [-0.1, -0.05) is 6.92 Å². The van der Waals surface area contributed by atoms with E-state index in [1.165, 1.54) is 0 Å². The number of likely N-dealkylation sites (N-methyl/N-ethyl adjacent to an activating group) is 1. The Bertz CT molecular complexity index is 1580. The van der Waals surface area contributed by atoms with Gasteiger partial charge < -0.3 is 20.1 Å². The van der Waals surface area contributed by atoms with E-state index in [0.29, 0.717) is 12.1 Å². The molecular formula is C27H29N9O. The van der Waals surface area contributed by atoms with Crippen LogP contribution in [0.3, 0.4) is 0 Å². The van der Waals surface area contributed by atoms with Crippen molar-refractivity contribution < 1.29 is 4.79 Å². The van der Waals surface area contributed by atoms with Crippen LogP contribution in [0.5, 0.6) is 0 Å². The molecule has 1 aliphatic rings. The van der Waals surface area contributed by atoms with E-state index in [0.717, 1.165) is 82.9 Å². The molecule has 6 heterocycles. The third-order valence-corrected chi connectivity index (χ3v) is 6.83. The minimum atomic E-state index is -0.0220. The SMILES string of the molecule is CCCC(=O)Nc1cncc(-c2ccc3[nH]nc(-c4cc5c(N6CCN(C)CC6)cncc5[nH]4)c3n2)c1. The molecule has 1 aliphatic heterocycles. The van der Waals surface area contributed by atoms with Crippen LogP contribution < -0.4 is 10.2 Å². The van der Waals surface area contributed by atoms with Gasteiger partial charge in [0.2, 0.25) is 5.91 Å². The number of aromatic nitrogens is 6. The molecule has 0 atom stereocenters. The van der Waals surface area contributed by atoms with Gasteiger partial charge in [0.1, 0.15) is 11.2 Å². The number of amides is 1. The minimum Gasteiger partial charge on any atom is -0.367 e. The molecule has 3 N–H and O–H groups in total. The zero-order valence-electron chi connectivity index (χ0n) is 21.0. The van der Waals surface area contributed by atoms with Crippen LogP contribution in [0.25, 0.3) is 44.6 Å². The maximum absolute atomic E-state index is 12.0. The van der Waals surface area contributed by atoms with Crippen molar-refractivity contribution >= 4 is 39.2 Å². The number of carbonyl (C=O) groups excluding carboxylic acids is 1. The highest BCUT2D eigenvalue weighted by molar-refractivity contribution is 5.99. The van der Waals surface area contributed by atoms with Gasteiger partial charge in [-0.3, -0.25) is 19.9 Å². The Balaban J connectivity index is 1.35. The summed E-state index contributed by atoms with van der Waals surface area (Å²) >= 11 is 0. The van der Waals surface area contributed by atoms with Gasteiger partial charge in [0.05, 0.1) is 52.4 Å². The zero-order valence-corrected chi connectivity index (χ0v) is 21.0. The molecule has 188 valence electrons. The van der Waals surface area contributed by atoms with E-state index >= 15 is 0 Å². The first-order valence-electron chi connectivity index (χ1n) is 12.6. The fraction of sp³-hybridized carbons (Fsp3) is 0.296. The van der Waals surface area contributed by atoms with E-state index in [2.05, 4.69) is 53.4 Å². The van der Waals surface area contributed by atoms with Gasteiger partial charge in [0.15, 0.2) is 0 Å². The third-order valence-electron chi connectivity index (χ3n) is 6.83. The normalized spacial score (nSPS) is 14.5. The Labute approximate surface area is 214 Å². The van der Waals surface area contributed by atoms with E-state index in [-0.39, 0.29) is 5.91 Å². The molecule has 1 fully saturated rings. The average molecular weight is 496 g/mol. The molecule has 37 heavy (non-hydrogen) atoms. The molecule has 0 radical (unpaired) electrons. The topological polar surface area (TPSA) is 119 Å². The van der Waals surface area contributed by atoms with Gasteiger partial charge >= 0.3 is 0 Å².